The zero-order valence-electron chi connectivity index (χ0n) is 18.6. The third-order valence-corrected chi connectivity index (χ3v) is 3.57. The number of likely N-dealkylation sites (N-methyl/N-ethyl adjacent to an activating group) is 2. The Hall–Kier alpha value is -2.37. The van der Waals surface area contributed by atoms with Crippen LogP contribution in [0.5, 0.6) is 0 Å². The molecule has 0 radical (unpaired) electrons. The van der Waals surface area contributed by atoms with Crippen LogP contribution in [0.3, 0.4) is 0 Å². The molecule has 1 N–H and O–H groups in total. The van der Waals surface area contributed by atoms with E-state index in [2.05, 4.69) is 5.32 Å². The molecule has 0 aliphatic heterocycles. The van der Waals surface area contributed by atoms with Crippen LogP contribution in [0.4, 0.5) is 0 Å². The first kappa shape index (κ1) is 29.4. The lowest BCUT2D eigenvalue weighted by molar-refractivity contribution is -0.125. The molecule has 3 amide bonds. The lowest BCUT2D eigenvalue weighted by Crippen LogP contribution is -2.34. The maximum absolute atomic E-state index is 11.4. The average molecular weight is 382 g/mol. The van der Waals surface area contributed by atoms with E-state index >= 15 is 0 Å². The molecule has 1 unspecified atom stereocenters. The Balaban J connectivity index is -0.00000134. The second-order valence-corrected chi connectivity index (χ2v) is 5.15. The molecule has 0 aromatic rings. The van der Waals surface area contributed by atoms with E-state index in [1.165, 1.54) is 4.90 Å². The smallest absolute Gasteiger partial charge is 0.226 e. The molecule has 6 heteroatoms. The maximum atomic E-state index is 11.4. The van der Waals surface area contributed by atoms with Crippen molar-refractivity contribution in [3.05, 3.63) is 35.7 Å². The lowest BCUT2D eigenvalue weighted by atomic mass is 10.1. The number of imide groups is 1. The Kier molecular flexibility index (Phi) is 21.7. The summed E-state index contributed by atoms with van der Waals surface area (Å²) in [6.45, 7) is 13.8. The van der Waals surface area contributed by atoms with Crippen molar-refractivity contribution in [3.63, 3.8) is 0 Å². The molecule has 0 aliphatic rings. The zero-order valence-corrected chi connectivity index (χ0v) is 18.6. The van der Waals surface area contributed by atoms with Crippen LogP contribution in [-0.4, -0.2) is 48.7 Å². The van der Waals surface area contributed by atoms with Gasteiger partial charge in [-0.2, -0.15) is 0 Å². The van der Waals surface area contributed by atoms with Gasteiger partial charge < -0.3 is 9.80 Å². The number of carbonyl (C=O) groups excluding carboxylic acids is 3. The summed E-state index contributed by atoms with van der Waals surface area (Å²) in [6.07, 6.45) is 9.56. The number of rotatable bonds is 10. The fourth-order valence-corrected chi connectivity index (χ4v) is 2.07. The molecule has 0 aromatic carbocycles. The van der Waals surface area contributed by atoms with Crippen LogP contribution in [0.2, 0.25) is 0 Å². The SMILES string of the molecule is CC.CC.C\C=C/C=C(\C(=C/C)N(C)C(C)CCC(=O)NC=O)N(C)C=O. The van der Waals surface area contributed by atoms with Gasteiger partial charge in [-0.05, 0) is 33.3 Å². The van der Waals surface area contributed by atoms with Gasteiger partial charge in [-0.15, -0.1) is 0 Å². The number of nitrogens with one attached hydrogen (secondary N) is 1. The van der Waals surface area contributed by atoms with Gasteiger partial charge in [-0.3, -0.25) is 19.7 Å². The normalized spacial score (nSPS) is 12.0. The van der Waals surface area contributed by atoms with Crippen molar-refractivity contribution < 1.29 is 14.4 Å². The predicted molar refractivity (Wildman–Crippen MR) is 114 cm³/mol. The summed E-state index contributed by atoms with van der Waals surface area (Å²) in [6, 6.07) is 0.0626. The van der Waals surface area contributed by atoms with Crippen LogP contribution in [0.25, 0.3) is 0 Å². The summed E-state index contributed by atoms with van der Waals surface area (Å²) in [5, 5.41) is 2.13. The highest BCUT2D eigenvalue weighted by molar-refractivity contribution is 5.85. The summed E-state index contributed by atoms with van der Waals surface area (Å²) >= 11 is 0. The highest BCUT2D eigenvalue weighted by Crippen LogP contribution is 2.20. The van der Waals surface area contributed by atoms with Gasteiger partial charge in [0.1, 0.15) is 0 Å². The van der Waals surface area contributed by atoms with E-state index in [4.69, 9.17) is 0 Å². The quantitative estimate of drug-likeness (QED) is 0.461. The molecule has 156 valence electrons. The van der Waals surface area contributed by atoms with Crippen LogP contribution >= 0.6 is 0 Å². The summed E-state index contributed by atoms with van der Waals surface area (Å²) in [7, 11) is 3.61. The van der Waals surface area contributed by atoms with Gasteiger partial charge in [0.15, 0.2) is 0 Å². The fourth-order valence-electron chi connectivity index (χ4n) is 2.07. The summed E-state index contributed by atoms with van der Waals surface area (Å²) in [4.78, 5) is 36.3. The maximum Gasteiger partial charge on any atom is 0.226 e. The van der Waals surface area contributed by atoms with Gasteiger partial charge in [-0.25, -0.2) is 0 Å². The molecule has 6 nitrogen and oxygen atoms in total. The monoisotopic (exact) mass is 381 g/mol. The van der Waals surface area contributed by atoms with E-state index in [1.807, 2.05) is 84.7 Å². The first-order chi connectivity index (χ1) is 12.9. The van der Waals surface area contributed by atoms with Crippen LogP contribution in [0.1, 0.15) is 61.3 Å². The standard InChI is InChI=1S/C17H27N3O3.2C2H6/c1-6-8-9-16(19(4)13-22)15(7-2)20(5)14(3)10-11-17(23)18-12-21;2*1-2/h6-9,12-14H,10-11H2,1-5H3,(H,18,21,23);2*1-2H3/b8-6-,15-7+,16-9+;;. The fraction of sp³-hybridized carbons (Fsp3) is 0.571. The summed E-state index contributed by atoms with van der Waals surface area (Å²) in [5.74, 6) is -0.294. The number of hydrogen-bond donors (Lipinski definition) is 1. The molecule has 0 heterocycles. The Morgan fingerprint density at radius 2 is 1.59 bits per heavy atom. The van der Waals surface area contributed by atoms with Crippen LogP contribution in [0, 0.1) is 0 Å². The van der Waals surface area contributed by atoms with Gasteiger partial charge in [-0.1, -0.05) is 45.9 Å². The molecule has 0 spiro atoms. The topological polar surface area (TPSA) is 69.7 Å². The van der Waals surface area contributed by atoms with E-state index in [9.17, 15) is 14.4 Å². The average Bonchev–Trinajstić information content (AvgIpc) is 2.71. The molecule has 0 bridgehead atoms. The number of allylic oxidation sites excluding steroid dienone is 4. The van der Waals surface area contributed by atoms with Crippen molar-refractivity contribution >= 4 is 18.7 Å². The second-order valence-electron chi connectivity index (χ2n) is 5.15. The van der Waals surface area contributed by atoms with E-state index < -0.39 is 0 Å². The summed E-state index contributed by atoms with van der Waals surface area (Å²) < 4.78 is 0. The molecule has 27 heavy (non-hydrogen) atoms. The first-order valence-electron chi connectivity index (χ1n) is 9.56. The van der Waals surface area contributed by atoms with Crippen LogP contribution < -0.4 is 5.32 Å². The third-order valence-electron chi connectivity index (χ3n) is 3.57. The van der Waals surface area contributed by atoms with E-state index in [-0.39, 0.29) is 18.4 Å². The number of amides is 3. The molecular weight excluding hydrogens is 342 g/mol. The Morgan fingerprint density at radius 3 is 2.00 bits per heavy atom. The van der Waals surface area contributed by atoms with Crippen LogP contribution in [0.15, 0.2) is 35.7 Å². The molecular formula is C21H39N3O3. The van der Waals surface area contributed by atoms with Gasteiger partial charge in [0.05, 0.1) is 11.4 Å². The first-order valence-corrected chi connectivity index (χ1v) is 9.56. The van der Waals surface area contributed by atoms with Crippen molar-refractivity contribution in [2.45, 2.75) is 67.3 Å². The van der Waals surface area contributed by atoms with Crippen molar-refractivity contribution in [2.24, 2.45) is 0 Å². The van der Waals surface area contributed by atoms with E-state index in [1.54, 1.807) is 7.05 Å². The van der Waals surface area contributed by atoms with Crippen molar-refractivity contribution in [1.82, 2.24) is 15.1 Å². The number of carbonyl (C=O) groups is 3. The van der Waals surface area contributed by atoms with Crippen molar-refractivity contribution in [2.75, 3.05) is 14.1 Å². The van der Waals surface area contributed by atoms with Gasteiger partial charge in [0, 0.05) is 26.6 Å². The van der Waals surface area contributed by atoms with Gasteiger partial charge >= 0.3 is 0 Å². The van der Waals surface area contributed by atoms with Gasteiger partial charge in [0.25, 0.3) is 0 Å². The molecule has 0 fully saturated rings. The lowest BCUT2D eigenvalue weighted by Gasteiger charge is -2.32. The molecule has 1 atom stereocenters. The Labute approximate surface area is 166 Å². The molecule has 0 rings (SSSR count). The van der Waals surface area contributed by atoms with Crippen molar-refractivity contribution in [1.29, 1.82) is 0 Å². The largest absolute Gasteiger partial charge is 0.370 e. The minimum Gasteiger partial charge on any atom is -0.370 e. The highest BCUT2D eigenvalue weighted by Gasteiger charge is 2.18. The molecule has 0 aliphatic carbocycles. The van der Waals surface area contributed by atoms with Gasteiger partial charge in [0.2, 0.25) is 18.7 Å². The third kappa shape index (κ3) is 12.6. The highest BCUT2D eigenvalue weighted by atomic mass is 16.2. The number of nitrogens with zero attached hydrogens (tertiary/aromatic N) is 2. The van der Waals surface area contributed by atoms with Crippen LogP contribution in [-0.2, 0) is 14.4 Å². The number of hydrogen-bond acceptors (Lipinski definition) is 4. The van der Waals surface area contributed by atoms with E-state index in [0.717, 1.165) is 17.8 Å². The summed E-state index contributed by atoms with van der Waals surface area (Å²) in [5.41, 5.74) is 1.66. The van der Waals surface area contributed by atoms with E-state index in [0.29, 0.717) is 12.8 Å². The second kappa shape index (κ2) is 19.9. The zero-order chi connectivity index (χ0) is 21.8. The predicted octanol–water partition coefficient (Wildman–Crippen LogP) is 3.86. The minimum atomic E-state index is -0.294. The molecule has 0 saturated carbocycles. The van der Waals surface area contributed by atoms with Crippen molar-refractivity contribution in [3.8, 4) is 0 Å². The Morgan fingerprint density at radius 1 is 1.04 bits per heavy atom. The molecule has 0 saturated heterocycles. The Bertz CT molecular complexity index is 497. The molecule has 0 aromatic heterocycles. The minimum absolute atomic E-state index is 0.0626.